The van der Waals surface area contributed by atoms with Crippen LogP contribution in [0, 0.1) is 20.8 Å². The number of carbonyl (C=O) groups excluding carboxylic acids is 2. The first-order valence-electron chi connectivity index (χ1n) is 8.34. The van der Waals surface area contributed by atoms with E-state index >= 15 is 0 Å². The first kappa shape index (κ1) is 18.6. The number of nitrogens with zero attached hydrogens (tertiary/aromatic N) is 1. The predicted molar refractivity (Wildman–Crippen MR) is 112 cm³/mol. The van der Waals surface area contributed by atoms with Crippen molar-refractivity contribution in [2.75, 3.05) is 10.2 Å². The highest BCUT2D eigenvalue weighted by Crippen LogP contribution is 2.35. The summed E-state index contributed by atoms with van der Waals surface area (Å²) in [6.07, 6.45) is 0.0962. The number of amides is 2. The minimum atomic E-state index is -0.492. The molecule has 0 radical (unpaired) electrons. The lowest BCUT2D eigenvalue weighted by Gasteiger charge is -2.18. The van der Waals surface area contributed by atoms with Gasteiger partial charge in [0.2, 0.25) is 11.8 Å². The molecule has 1 saturated heterocycles. The second-order valence-electron chi connectivity index (χ2n) is 6.38. The second-order valence-corrected chi connectivity index (χ2v) is 8.22. The van der Waals surface area contributed by atoms with Gasteiger partial charge in [0.25, 0.3) is 0 Å². The monoisotopic (exact) mass is 384 g/mol. The molecule has 1 fully saturated rings. The van der Waals surface area contributed by atoms with Gasteiger partial charge in [-0.25, -0.2) is 0 Å². The fraction of sp³-hybridized carbons (Fsp3) is 0.250. The quantitative estimate of drug-likeness (QED) is 0.795. The topological polar surface area (TPSA) is 49.4 Å². The molecule has 1 atom stereocenters. The van der Waals surface area contributed by atoms with E-state index in [1.165, 1.54) is 17.3 Å². The van der Waals surface area contributed by atoms with Crippen molar-refractivity contribution >= 4 is 51.5 Å². The van der Waals surface area contributed by atoms with Crippen molar-refractivity contribution in [1.29, 1.82) is 0 Å². The van der Waals surface area contributed by atoms with Crippen LogP contribution >= 0.6 is 24.0 Å². The number of rotatable bonds is 4. The van der Waals surface area contributed by atoms with Gasteiger partial charge in [0, 0.05) is 12.1 Å². The molecule has 0 aromatic heterocycles. The van der Waals surface area contributed by atoms with Crippen LogP contribution in [-0.4, -0.2) is 21.4 Å². The molecule has 4 nitrogen and oxygen atoms in total. The summed E-state index contributed by atoms with van der Waals surface area (Å²) in [7, 11) is 0. The third kappa shape index (κ3) is 3.81. The molecule has 134 valence electrons. The minimum Gasteiger partial charge on any atom is -0.326 e. The fourth-order valence-electron chi connectivity index (χ4n) is 2.82. The Morgan fingerprint density at radius 3 is 2.54 bits per heavy atom. The van der Waals surface area contributed by atoms with Crippen LogP contribution in [0.1, 0.15) is 23.1 Å². The molecule has 1 unspecified atom stereocenters. The van der Waals surface area contributed by atoms with Gasteiger partial charge in [-0.1, -0.05) is 48.2 Å². The predicted octanol–water partition coefficient (Wildman–Crippen LogP) is 4.37. The maximum atomic E-state index is 12.8. The lowest BCUT2D eigenvalue weighted by molar-refractivity contribution is -0.121. The average Bonchev–Trinajstić information content (AvgIpc) is 2.85. The Labute approximate surface area is 163 Å². The summed E-state index contributed by atoms with van der Waals surface area (Å²) in [4.78, 5) is 26.7. The van der Waals surface area contributed by atoms with Crippen molar-refractivity contribution in [3.8, 4) is 0 Å². The van der Waals surface area contributed by atoms with E-state index in [2.05, 4.69) is 5.32 Å². The molecule has 0 spiro atoms. The molecule has 1 N–H and O–H groups in total. The smallest absolute Gasteiger partial charge is 0.246 e. The molecule has 2 aromatic carbocycles. The third-order valence-electron chi connectivity index (χ3n) is 4.44. The SMILES string of the molecule is Cc1ccc(NC(=O)CC2SC(=S)N(c3ccccc3C)C2=O)cc1C. The first-order valence-corrected chi connectivity index (χ1v) is 9.63. The standard InChI is InChI=1S/C20H20N2O2S2/c1-12-8-9-15(10-14(12)3)21-18(23)11-17-19(24)22(20(25)26-17)16-7-5-4-6-13(16)2/h4-10,17H,11H2,1-3H3,(H,21,23). The number of carbonyl (C=O) groups is 2. The first-order chi connectivity index (χ1) is 12.4. The number of nitrogens with one attached hydrogen (secondary N) is 1. The van der Waals surface area contributed by atoms with Gasteiger partial charge in [0.15, 0.2) is 0 Å². The summed E-state index contributed by atoms with van der Waals surface area (Å²) in [5, 5.41) is 2.38. The Kier molecular flexibility index (Phi) is 5.44. The zero-order valence-electron chi connectivity index (χ0n) is 14.9. The number of aryl methyl sites for hydroxylation is 3. The van der Waals surface area contributed by atoms with E-state index in [1.54, 1.807) is 4.90 Å². The van der Waals surface area contributed by atoms with Crippen LogP contribution in [0.3, 0.4) is 0 Å². The van der Waals surface area contributed by atoms with E-state index in [0.29, 0.717) is 4.32 Å². The van der Waals surface area contributed by atoms with Crippen LogP contribution in [-0.2, 0) is 9.59 Å². The highest BCUT2D eigenvalue weighted by molar-refractivity contribution is 8.25. The van der Waals surface area contributed by atoms with Crippen LogP contribution in [0.25, 0.3) is 0 Å². The van der Waals surface area contributed by atoms with Gasteiger partial charge in [0.1, 0.15) is 9.57 Å². The highest BCUT2D eigenvalue weighted by Gasteiger charge is 2.39. The number of para-hydroxylation sites is 1. The van der Waals surface area contributed by atoms with E-state index in [9.17, 15) is 9.59 Å². The summed E-state index contributed by atoms with van der Waals surface area (Å²) in [6.45, 7) is 5.96. The van der Waals surface area contributed by atoms with Gasteiger partial charge in [-0.2, -0.15) is 0 Å². The summed E-state index contributed by atoms with van der Waals surface area (Å²) >= 11 is 6.66. The number of anilines is 2. The van der Waals surface area contributed by atoms with Crippen LogP contribution < -0.4 is 10.2 Å². The molecule has 0 saturated carbocycles. The second kappa shape index (κ2) is 7.60. The van der Waals surface area contributed by atoms with Crippen LogP contribution in [0.15, 0.2) is 42.5 Å². The summed E-state index contributed by atoms with van der Waals surface area (Å²) in [6, 6.07) is 13.4. The number of thioether (sulfide) groups is 1. The van der Waals surface area contributed by atoms with Gasteiger partial charge in [-0.05, 0) is 55.7 Å². The van der Waals surface area contributed by atoms with Crippen LogP contribution in [0.4, 0.5) is 11.4 Å². The molecule has 0 bridgehead atoms. The Balaban J connectivity index is 1.70. The van der Waals surface area contributed by atoms with Crippen molar-refractivity contribution in [1.82, 2.24) is 0 Å². The average molecular weight is 385 g/mol. The molecule has 2 aromatic rings. The molecular weight excluding hydrogens is 364 g/mol. The summed E-state index contributed by atoms with van der Waals surface area (Å²) < 4.78 is 0.494. The molecule has 1 aliphatic heterocycles. The lowest BCUT2D eigenvalue weighted by Crippen LogP contribution is -2.33. The Morgan fingerprint density at radius 2 is 1.85 bits per heavy atom. The zero-order chi connectivity index (χ0) is 18.8. The zero-order valence-corrected chi connectivity index (χ0v) is 16.5. The largest absolute Gasteiger partial charge is 0.326 e. The number of hydrogen-bond donors (Lipinski definition) is 1. The van der Waals surface area contributed by atoms with E-state index in [1.807, 2.05) is 63.2 Å². The molecule has 3 rings (SSSR count). The van der Waals surface area contributed by atoms with Crippen molar-refractivity contribution in [3.05, 3.63) is 59.2 Å². The molecule has 1 heterocycles. The van der Waals surface area contributed by atoms with E-state index in [0.717, 1.165) is 22.5 Å². The lowest BCUT2D eigenvalue weighted by atomic mass is 10.1. The van der Waals surface area contributed by atoms with Gasteiger partial charge < -0.3 is 5.32 Å². The summed E-state index contributed by atoms with van der Waals surface area (Å²) in [5.41, 5.74) is 4.78. The third-order valence-corrected chi connectivity index (χ3v) is 5.95. The normalized spacial score (nSPS) is 16.9. The number of thiocarbonyl (C=S) groups is 1. The Hall–Kier alpha value is -2.18. The van der Waals surface area contributed by atoms with Crippen molar-refractivity contribution in [2.45, 2.75) is 32.4 Å². The molecule has 1 aliphatic rings. The van der Waals surface area contributed by atoms with Gasteiger partial charge in [-0.3, -0.25) is 14.5 Å². The molecule has 6 heteroatoms. The highest BCUT2D eigenvalue weighted by atomic mass is 32.2. The maximum absolute atomic E-state index is 12.8. The number of benzene rings is 2. The minimum absolute atomic E-state index is 0.0962. The Bertz CT molecular complexity index is 895. The van der Waals surface area contributed by atoms with E-state index < -0.39 is 5.25 Å². The van der Waals surface area contributed by atoms with Crippen molar-refractivity contribution in [3.63, 3.8) is 0 Å². The van der Waals surface area contributed by atoms with Gasteiger partial charge >= 0.3 is 0 Å². The van der Waals surface area contributed by atoms with Crippen molar-refractivity contribution in [2.24, 2.45) is 0 Å². The maximum Gasteiger partial charge on any atom is 0.246 e. The number of hydrogen-bond acceptors (Lipinski definition) is 4. The Morgan fingerprint density at radius 1 is 1.12 bits per heavy atom. The molecule has 26 heavy (non-hydrogen) atoms. The molecular formula is C20H20N2O2S2. The fourth-order valence-corrected chi connectivity index (χ4v) is 4.33. The van der Waals surface area contributed by atoms with Gasteiger partial charge in [0.05, 0.1) is 5.69 Å². The van der Waals surface area contributed by atoms with Crippen LogP contribution in [0.2, 0.25) is 0 Å². The summed E-state index contributed by atoms with van der Waals surface area (Å²) in [5.74, 6) is -0.321. The van der Waals surface area contributed by atoms with E-state index in [4.69, 9.17) is 12.2 Å². The van der Waals surface area contributed by atoms with Crippen LogP contribution in [0.5, 0.6) is 0 Å². The van der Waals surface area contributed by atoms with Gasteiger partial charge in [-0.15, -0.1) is 0 Å². The molecule has 0 aliphatic carbocycles. The van der Waals surface area contributed by atoms with E-state index in [-0.39, 0.29) is 18.2 Å². The molecule has 2 amide bonds. The van der Waals surface area contributed by atoms with Crippen molar-refractivity contribution < 1.29 is 9.59 Å².